The first kappa shape index (κ1) is 11.4. The van der Waals surface area contributed by atoms with Gasteiger partial charge in [-0.15, -0.1) is 0 Å². The van der Waals surface area contributed by atoms with E-state index in [-0.39, 0.29) is 18.0 Å². The van der Waals surface area contributed by atoms with Crippen LogP contribution >= 0.6 is 0 Å². The molecular formula is C12H15FN4O. The number of benzene rings is 1. The van der Waals surface area contributed by atoms with E-state index in [1.165, 1.54) is 12.1 Å². The number of hydrogen-bond donors (Lipinski definition) is 3. The zero-order valence-corrected chi connectivity index (χ0v) is 10.0. The Kier molecular flexibility index (Phi) is 2.89. The number of nitrogens with one attached hydrogen (secondary N) is 3. The smallest absolute Gasteiger partial charge is 0.201 e. The van der Waals surface area contributed by atoms with E-state index in [2.05, 4.69) is 20.6 Å². The molecule has 0 amide bonds. The predicted molar refractivity (Wildman–Crippen MR) is 67.1 cm³/mol. The summed E-state index contributed by atoms with van der Waals surface area (Å²) in [6.45, 7) is 1.65. The van der Waals surface area contributed by atoms with Crippen LogP contribution in [0.15, 0.2) is 18.2 Å². The number of nitrogens with zero attached hydrogens (tertiary/aromatic N) is 1. The highest BCUT2D eigenvalue weighted by atomic mass is 19.1. The summed E-state index contributed by atoms with van der Waals surface area (Å²) >= 11 is 0. The fourth-order valence-electron chi connectivity index (χ4n) is 2.27. The number of hydrogen-bond acceptors (Lipinski definition) is 4. The van der Waals surface area contributed by atoms with Gasteiger partial charge in [0.05, 0.1) is 23.2 Å². The second-order valence-electron chi connectivity index (χ2n) is 4.43. The van der Waals surface area contributed by atoms with Crippen molar-refractivity contribution < 1.29 is 9.13 Å². The molecule has 6 heteroatoms. The molecule has 2 aromatic rings. The van der Waals surface area contributed by atoms with Gasteiger partial charge in [-0.05, 0) is 18.2 Å². The maximum absolute atomic E-state index is 13.1. The molecule has 0 saturated carbocycles. The summed E-state index contributed by atoms with van der Waals surface area (Å²) < 4.78 is 18.4. The fraction of sp³-hybridized carbons (Fsp3) is 0.417. The molecule has 5 nitrogen and oxygen atoms in total. The summed E-state index contributed by atoms with van der Waals surface area (Å²) in [4.78, 5) is 7.43. The highest BCUT2D eigenvalue weighted by Gasteiger charge is 2.27. The number of ether oxygens (including phenoxy) is 1. The van der Waals surface area contributed by atoms with Crippen molar-refractivity contribution in [1.29, 1.82) is 0 Å². The second kappa shape index (κ2) is 4.55. The molecule has 1 aromatic heterocycles. The summed E-state index contributed by atoms with van der Waals surface area (Å²) in [5.41, 5.74) is 1.44. The van der Waals surface area contributed by atoms with Gasteiger partial charge in [-0.1, -0.05) is 0 Å². The molecular weight excluding hydrogens is 235 g/mol. The lowest BCUT2D eigenvalue weighted by atomic mass is 10.2. The van der Waals surface area contributed by atoms with Gasteiger partial charge in [0.15, 0.2) is 0 Å². The van der Waals surface area contributed by atoms with Crippen LogP contribution in [0.2, 0.25) is 0 Å². The fourth-order valence-corrected chi connectivity index (χ4v) is 2.27. The molecule has 3 N–H and O–H groups in total. The zero-order valence-electron chi connectivity index (χ0n) is 10.0. The molecule has 1 saturated heterocycles. The number of fused-ring (bicyclic) bond motifs is 1. The van der Waals surface area contributed by atoms with Gasteiger partial charge in [-0.2, -0.15) is 0 Å². The number of aromatic amines is 1. The Morgan fingerprint density at radius 2 is 2.33 bits per heavy atom. The number of aromatic nitrogens is 2. The largest absolute Gasteiger partial charge is 0.378 e. The van der Waals surface area contributed by atoms with Gasteiger partial charge >= 0.3 is 0 Å². The molecule has 0 aliphatic carbocycles. The molecule has 18 heavy (non-hydrogen) atoms. The third-order valence-electron chi connectivity index (χ3n) is 3.23. The van der Waals surface area contributed by atoms with Crippen LogP contribution in [0.5, 0.6) is 0 Å². The SMILES string of the molecule is CO[C@H]1CNCC1Nc1nc2ccc(F)cc2[nH]1. The molecule has 1 aliphatic heterocycles. The van der Waals surface area contributed by atoms with E-state index < -0.39 is 0 Å². The molecule has 2 heterocycles. The lowest BCUT2D eigenvalue weighted by molar-refractivity contribution is 0.111. The van der Waals surface area contributed by atoms with E-state index in [0.29, 0.717) is 11.5 Å². The first-order chi connectivity index (χ1) is 8.76. The Balaban J connectivity index is 1.82. The highest BCUT2D eigenvalue weighted by Crippen LogP contribution is 2.17. The van der Waals surface area contributed by atoms with Gasteiger partial charge in [-0.25, -0.2) is 9.37 Å². The lowest BCUT2D eigenvalue weighted by Gasteiger charge is -2.17. The number of anilines is 1. The standard InChI is InChI=1S/C12H15FN4O/c1-18-11-6-14-5-10(11)17-12-15-8-3-2-7(13)4-9(8)16-12/h2-4,10-11,14H,5-6H2,1H3,(H2,15,16,17)/t10?,11-/m0/s1. The van der Waals surface area contributed by atoms with Crippen molar-refractivity contribution in [2.45, 2.75) is 12.1 Å². The van der Waals surface area contributed by atoms with Crippen molar-refractivity contribution in [2.75, 3.05) is 25.5 Å². The van der Waals surface area contributed by atoms with Gasteiger partial charge in [0, 0.05) is 20.2 Å². The summed E-state index contributed by atoms with van der Waals surface area (Å²) in [5, 5.41) is 6.52. The quantitative estimate of drug-likeness (QED) is 0.763. The van der Waals surface area contributed by atoms with Gasteiger partial charge < -0.3 is 20.4 Å². The average Bonchev–Trinajstić information content (AvgIpc) is 2.94. The molecule has 1 fully saturated rings. The van der Waals surface area contributed by atoms with Crippen molar-refractivity contribution in [2.24, 2.45) is 0 Å². The summed E-state index contributed by atoms with van der Waals surface area (Å²) in [6, 6.07) is 4.67. The Bertz CT molecular complexity index is 556. The van der Waals surface area contributed by atoms with E-state index in [4.69, 9.17) is 4.74 Å². The molecule has 0 spiro atoms. The summed E-state index contributed by atoms with van der Waals surface area (Å²) in [5.74, 6) is 0.376. The minimum absolute atomic E-state index is 0.120. The Labute approximate surface area is 104 Å². The van der Waals surface area contributed by atoms with Gasteiger partial charge in [-0.3, -0.25) is 0 Å². The molecule has 0 radical (unpaired) electrons. The zero-order chi connectivity index (χ0) is 12.5. The van der Waals surface area contributed by atoms with Gasteiger partial charge in [0.25, 0.3) is 0 Å². The summed E-state index contributed by atoms with van der Waals surface area (Å²) in [7, 11) is 1.69. The van der Waals surface area contributed by atoms with Crippen molar-refractivity contribution in [1.82, 2.24) is 15.3 Å². The molecule has 0 bridgehead atoms. The average molecular weight is 250 g/mol. The number of methoxy groups -OCH3 is 1. The number of H-pyrrole nitrogens is 1. The van der Waals surface area contributed by atoms with Crippen LogP contribution in [0.4, 0.5) is 10.3 Å². The van der Waals surface area contributed by atoms with E-state index in [1.54, 1.807) is 13.2 Å². The van der Waals surface area contributed by atoms with Crippen LogP contribution < -0.4 is 10.6 Å². The molecule has 96 valence electrons. The Morgan fingerprint density at radius 3 is 3.17 bits per heavy atom. The van der Waals surface area contributed by atoms with Crippen LogP contribution in [0.3, 0.4) is 0 Å². The maximum Gasteiger partial charge on any atom is 0.201 e. The molecule has 3 rings (SSSR count). The molecule has 2 atom stereocenters. The van der Waals surface area contributed by atoms with Crippen molar-refractivity contribution in [3.05, 3.63) is 24.0 Å². The highest BCUT2D eigenvalue weighted by molar-refractivity contribution is 5.77. The van der Waals surface area contributed by atoms with E-state index in [0.717, 1.165) is 18.6 Å². The van der Waals surface area contributed by atoms with Crippen LogP contribution in [0.25, 0.3) is 11.0 Å². The number of imidazole rings is 1. The first-order valence-electron chi connectivity index (χ1n) is 5.91. The third kappa shape index (κ3) is 2.04. The van der Waals surface area contributed by atoms with Crippen molar-refractivity contribution in [3.8, 4) is 0 Å². The number of halogens is 1. The topological polar surface area (TPSA) is 62.0 Å². The monoisotopic (exact) mass is 250 g/mol. The van der Waals surface area contributed by atoms with E-state index >= 15 is 0 Å². The summed E-state index contributed by atoms with van der Waals surface area (Å²) in [6.07, 6.45) is 0.120. The van der Waals surface area contributed by atoms with E-state index in [1.807, 2.05) is 0 Å². The van der Waals surface area contributed by atoms with Gasteiger partial charge in [0.1, 0.15) is 5.82 Å². The molecule has 1 aromatic carbocycles. The minimum Gasteiger partial charge on any atom is -0.378 e. The van der Waals surface area contributed by atoms with Crippen LogP contribution in [0.1, 0.15) is 0 Å². The third-order valence-corrected chi connectivity index (χ3v) is 3.23. The normalized spacial score (nSPS) is 23.7. The predicted octanol–water partition coefficient (Wildman–Crippen LogP) is 1.10. The van der Waals surface area contributed by atoms with Crippen LogP contribution in [-0.4, -0.2) is 42.3 Å². The second-order valence-corrected chi connectivity index (χ2v) is 4.43. The van der Waals surface area contributed by atoms with Gasteiger partial charge in [0.2, 0.25) is 5.95 Å². The Morgan fingerprint density at radius 1 is 1.44 bits per heavy atom. The lowest BCUT2D eigenvalue weighted by Crippen LogP contribution is -2.33. The molecule has 1 unspecified atom stereocenters. The molecule has 1 aliphatic rings. The minimum atomic E-state index is -0.269. The number of rotatable bonds is 3. The van der Waals surface area contributed by atoms with Crippen molar-refractivity contribution >= 4 is 17.0 Å². The van der Waals surface area contributed by atoms with E-state index in [9.17, 15) is 4.39 Å². The van der Waals surface area contributed by atoms with Crippen molar-refractivity contribution in [3.63, 3.8) is 0 Å². The maximum atomic E-state index is 13.1. The Hall–Kier alpha value is -1.66. The van der Waals surface area contributed by atoms with Crippen LogP contribution in [0, 0.1) is 5.82 Å². The first-order valence-corrected chi connectivity index (χ1v) is 5.91. The van der Waals surface area contributed by atoms with Crippen LogP contribution in [-0.2, 0) is 4.74 Å².